The lowest BCUT2D eigenvalue weighted by Crippen LogP contribution is -2.32. The molecule has 1 aromatic heterocycles. The summed E-state index contributed by atoms with van der Waals surface area (Å²) in [5, 5.41) is 10.9. The first-order valence-corrected chi connectivity index (χ1v) is 6.87. The smallest absolute Gasteiger partial charge is 0.208 e. The van der Waals surface area contributed by atoms with Gasteiger partial charge in [0.15, 0.2) is 0 Å². The normalized spacial score (nSPS) is 19.1. The van der Waals surface area contributed by atoms with Crippen LogP contribution in [0.3, 0.4) is 0 Å². The number of hydrogen-bond donors (Lipinski definition) is 0. The van der Waals surface area contributed by atoms with E-state index in [0.29, 0.717) is 0 Å². The van der Waals surface area contributed by atoms with Gasteiger partial charge < -0.3 is 4.90 Å². The quantitative estimate of drug-likeness (QED) is 0.754. The Balaban J connectivity index is 2.08. The van der Waals surface area contributed by atoms with Gasteiger partial charge in [-0.1, -0.05) is 39.0 Å². The van der Waals surface area contributed by atoms with Gasteiger partial charge in [0.25, 0.3) is 0 Å². The lowest BCUT2D eigenvalue weighted by atomic mass is 9.98. The fourth-order valence-corrected chi connectivity index (χ4v) is 2.80. The molecule has 2 rings (SSSR count). The lowest BCUT2D eigenvalue weighted by molar-refractivity contribution is 0.437. The van der Waals surface area contributed by atoms with Crippen LogP contribution in [0.2, 0.25) is 0 Å². The highest BCUT2D eigenvalue weighted by Gasteiger charge is 2.23. The predicted molar refractivity (Wildman–Crippen MR) is 69.2 cm³/mol. The van der Waals surface area contributed by atoms with Crippen LogP contribution in [0.15, 0.2) is 0 Å². The molecule has 1 aliphatic heterocycles. The van der Waals surface area contributed by atoms with Crippen molar-refractivity contribution in [3.05, 3.63) is 5.01 Å². The van der Waals surface area contributed by atoms with Crippen LogP contribution >= 0.6 is 11.3 Å². The first kappa shape index (κ1) is 11.8. The molecule has 2 heterocycles. The Morgan fingerprint density at radius 1 is 1.19 bits per heavy atom. The van der Waals surface area contributed by atoms with Gasteiger partial charge in [-0.3, -0.25) is 0 Å². The molecular formula is C12H21N3S. The molecule has 0 aromatic carbocycles. The third kappa shape index (κ3) is 2.54. The van der Waals surface area contributed by atoms with E-state index in [-0.39, 0.29) is 5.41 Å². The van der Waals surface area contributed by atoms with Crippen molar-refractivity contribution in [2.24, 2.45) is 5.92 Å². The maximum Gasteiger partial charge on any atom is 0.208 e. The maximum atomic E-state index is 4.33. The zero-order valence-electron chi connectivity index (χ0n) is 10.7. The molecule has 0 amide bonds. The maximum absolute atomic E-state index is 4.33. The summed E-state index contributed by atoms with van der Waals surface area (Å²) in [6.07, 6.45) is 2.56. The molecule has 3 nitrogen and oxygen atoms in total. The minimum Gasteiger partial charge on any atom is -0.347 e. The number of hydrogen-bond acceptors (Lipinski definition) is 4. The van der Waals surface area contributed by atoms with Crippen molar-refractivity contribution in [2.45, 2.75) is 46.0 Å². The van der Waals surface area contributed by atoms with Gasteiger partial charge in [0.2, 0.25) is 5.13 Å². The van der Waals surface area contributed by atoms with Gasteiger partial charge in [0, 0.05) is 18.5 Å². The number of rotatable bonds is 1. The molecule has 0 spiro atoms. The Labute approximate surface area is 102 Å². The highest BCUT2D eigenvalue weighted by Crippen LogP contribution is 2.31. The summed E-state index contributed by atoms with van der Waals surface area (Å²) in [5.74, 6) is 0.867. The van der Waals surface area contributed by atoms with Gasteiger partial charge in [-0.25, -0.2) is 0 Å². The summed E-state index contributed by atoms with van der Waals surface area (Å²) in [7, 11) is 0. The van der Waals surface area contributed by atoms with Crippen molar-refractivity contribution in [1.82, 2.24) is 10.2 Å². The molecule has 1 saturated heterocycles. The summed E-state index contributed by atoms with van der Waals surface area (Å²) >= 11 is 1.75. The molecule has 0 saturated carbocycles. The average Bonchev–Trinajstić information content (AvgIpc) is 2.67. The zero-order chi connectivity index (χ0) is 11.8. The van der Waals surface area contributed by atoms with Crippen LogP contribution in [-0.2, 0) is 5.41 Å². The SMILES string of the molecule is CC1CCN(c2nnc(C(C)(C)C)s2)CC1. The Hall–Kier alpha value is -0.640. The van der Waals surface area contributed by atoms with Crippen molar-refractivity contribution in [3.63, 3.8) is 0 Å². The number of piperidine rings is 1. The standard InChI is InChI=1S/C12H21N3S/c1-9-5-7-15(8-6-9)11-14-13-10(16-11)12(2,3)4/h9H,5-8H2,1-4H3. The van der Waals surface area contributed by atoms with Crippen LogP contribution in [0.1, 0.15) is 45.5 Å². The molecule has 0 bridgehead atoms. The minimum atomic E-state index is 0.124. The van der Waals surface area contributed by atoms with E-state index in [2.05, 4.69) is 42.8 Å². The van der Waals surface area contributed by atoms with E-state index in [1.807, 2.05) is 0 Å². The summed E-state index contributed by atoms with van der Waals surface area (Å²) in [6, 6.07) is 0. The Bertz CT molecular complexity index is 345. The summed E-state index contributed by atoms with van der Waals surface area (Å²) in [4.78, 5) is 2.38. The average molecular weight is 239 g/mol. The molecule has 1 aliphatic rings. The van der Waals surface area contributed by atoms with Gasteiger partial charge in [-0.2, -0.15) is 0 Å². The minimum absolute atomic E-state index is 0.124. The third-order valence-electron chi connectivity index (χ3n) is 3.11. The van der Waals surface area contributed by atoms with E-state index in [4.69, 9.17) is 0 Å². The second-order valence-corrected chi connectivity index (χ2v) is 6.77. The van der Waals surface area contributed by atoms with Crippen LogP contribution in [0, 0.1) is 5.92 Å². The van der Waals surface area contributed by atoms with E-state index < -0.39 is 0 Å². The second kappa shape index (κ2) is 4.32. The van der Waals surface area contributed by atoms with Crippen molar-refractivity contribution >= 4 is 16.5 Å². The van der Waals surface area contributed by atoms with Crippen molar-refractivity contribution in [3.8, 4) is 0 Å². The molecular weight excluding hydrogens is 218 g/mol. The Morgan fingerprint density at radius 3 is 2.31 bits per heavy atom. The van der Waals surface area contributed by atoms with Crippen LogP contribution in [0.25, 0.3) is 0 Å². The molecule has 0 aliphatic carbocycles. The van der Waals surface area contributed by atoms with E-state index in [9.17, 15) is 0 Å². The van der Waals surface area contributed by atoms with E-state index in [1.54, 1.807) is 11.3 Å². The summed E-state index contributed by atoms with van der Waals surface area (Å²) in [6.45, 7) is 11.2. The van der Waals surface area contributed by atoms with Crippen LogP contribution in [0.5, 0.6) is 0 Å². The first-order valence-electron chi connectivity index (χ1n) is 6.06. The van der Waals surface area contributed by atoms with Crippen LogP contribution < -0.4 is 4.90 Å². The van der Waals surface area contributed by atoms with Crippen molar-refractivity contribution in [2.75, 3.05) is 18.0 Å². The number of aromatic nitrogens is 2. The summed E-state index contributed by atoms with van der Waals surface area (Å²) < 4.78 is 0. The first-order chi connectivity index (χ1) is 7.47. The highest BCUT2D eigenvalue weighted by atomic mass is 32.1. The molecule has 0 N–H and O–H groups in total. The van der Waals surface area contributed by atoms with E-state index >= 15 is 0 Å². The molecule has 4 heteroatoms. The molecule has 1 fully saturated rings. The molecule has 0 radical (unpaired) electrons. The fraction of sp³-hybridized carbons (Fsp3) is 0.833. The van der Waals surface area contributed by atoms with Crippen molar-refractivity contribution < 1.29 is 0 Å². The van der Waals surface area contributed by atoms with Crippen LogP contribution in [-0.4, -0.2) is 23.3 Å². The molecule has 0 unspecified atom stereocenters. The topological polar surface area (TPSA) is 29.0 Å². The van der Waals surface area contributed by atoms with Gasteiger partial charge >= 0.3 is 0 Å². The number of nitrogens with zero attached hydrogens (tertiary/aromatic N) is 3. The zero-order valence-corrected chi connectivity index (χ0v) is 11.5. The van der Waals surface area contributed by atoms with Crippen molar-refractivity contribution in [1.29, 1.82) is 0 Å². The fourth-order valence-electron chi connectivity index (χ4n) is 1.85. The lowest BCUT2D eigenvalue weighted by Gasteiger charge is -2.29. The predicted octanol–water partition coefficient (Wildman–Crippen LogP) is 3.07. The second-order valence-electron chi connectivity index (χ2n) is 5.81. The monoisotopic (exact) mass is 239 g/mol. The summed E-state index contributed by atoms with van der Waals surface area (Å²) in [5.41, 5.74) is 0.124. The third-order valence-corrected chi connectivity index (χ3v) is 4.52. The Kier molecular flexibility index (Phi) is 3.19. The Morgan fingerprint density at radius 2 is 1.81 bits per heavy atom. The van der Waals surface area contributed by atoms with E-state index in [0.717, 1.165) is 29.1 Å². The van der Waals surface area contributed by atoms with Gasteiger partial charge in [-0.15, -0.1) is 10.2 Å². The highest BCUT2D eigenvalue weighted by molar-refractivity contribution is 7.15. The van der Waals surface area contributed by atoms with Crippen LogP contribution in [0.4, 0.5) is 5.13 Å². The molecule has 0 atom stereocenters. The largest absolute Gasteiger partial charge is 0.347 e. The van der Waals surface area contributed by atoms with Gasteiger partial charge in [0.1, 0.15) is 5.01 Å². The molecule has 1 aromatic rings. The molecule has 90 valence electrons. The van der Waals surface area contributed by atoms with Gasteiger partial charge in [-0.05, 0) is 18.8 Å². The molecule has 16 heavy (non-hydrogen) atoms. The van der Waals surface area contributed by atoms with Gasteiger partial charge in [0.05, 0.1) is 0 Å². The van der Waals surface area contributed by atoms with E-state index in [1.165, 1.54) is 12.8 Å². The number of anilines is 1.